The summed E-state index contributed by atoms with van der Waals surface area (Å²) >= 11 is 0. The van der Waals surface area contributed by atoms with Crippen LogP contribution in [0.15, 0.2) is 23.2 Å². The van der Waals surface area contributed by atoms with Gasteiger partial charge in [0.2, 0.25) is 5.91 Å². The molecule has 1 rings (SSSR count). The van der Waals surface area contributed by atoms with E-state index in [-0.39, 0.29) is 17.2 Å². The first kappa shape index (κ1) is 17.4. The van der Waals surface area contributed by atoms with Gasteiger partial charge in [0.05, 0.1) is 5.69 Å². The molecular formula is C18H28N2O. The molecule has 0 saturated heterocycles. The predicted molar refractivity (Wildman–Crippen MR) is 90.1 cm³/mol. The molecule has 1 aromatic rings. The molecule has 0 aliphatic rings. The highest BCUT2D eigenvalue weighted by atomic mass is 16.2. The molecular weight excluding hydrogens is 260 g/mol. The topological polar surface area (TPSA) is 41.5 Å². The molecule has 0 aliphatic carbocycles. The van der Waals surface area contributed by atoms with Gasteiger partial charge in [0.25, 0.3) is 0 Å². The highest BCUT2D eigenvalue weighted by Crippen LogP contribution is 2.28. The molecule has 0 aliphatic heterocycles. The minimum Gasteiger partial charge on any atom is -0.314 e. The Kier molecular flexibility index (Phi) is 5.70. The van der Waals surface area contributed by atoms with Crippen molar-refractivity contribution in [2.45, 2.75) is 54.9 Å². The summed E-state index contributed by atoms with van der Waals surface area (Å²) in [5.41, 5.74) is 3.19. The van der Waals surface area contributed by atoms with Crippen LogP contribution in [0.2, 0.25) is 0 Å². The number of aryl methyl sites for hydroxylation is 2. The van der Waals surface area contributed by atoms with Gasteiger partial charge in [-0.2, -0.15) is 0 Å². The number of amides is 1. The molecule has 0 radical (unpaired) electrons. The number of rotatable bonds is 3. The number of amidine groups is 1. The number of aliphatic imine (C=N–C) groups is 1. The van der Waals surface area contributed by atoms with Gasteiger partial charge in [-0.1, -0.05) is 45.4 Å². The molecule has 1 atom stereocenters. The molecule has 0 spiro atoms. The van der Waals surface area contributed by atoms with Gasteiger partial charge in [0.1, 0.15) is 5.84 Å². The van der Waals surface area contributed by atoms with Crippen LogP contribution in [0.1, 0.15) is 52.2 Å². The number of nitrogens with zero attached hydrogens (tertiary/aromatic N) is 1. The van der Waals surface area contributed by atoms with Crippen molar-refractivity contribution in [2.75, 3.05) is 0 Å². The summed E-state index contributed by atoms with van der Waals surface area (Å²) in [6.45, 7) is 14.3. The normalized spacial score (nSPS) is 14.0. The largest absolute Gasteiger partial charge is 0.314 e. The monoisotopic (exact) mass is 288 g/mol. The van der Waals surface area contributed by atoms with E-state index in [1.165, 1.54) is 5.56 Å². The van der Waals surface area contributed by atoms with E-state index < -0.39 is 0 Å². The lowest BCUT2D eigenvalue weighted by Gasteiger charge is -2.28. The lowest BCUT2D eigenvalue weighted by molar-refractivity contribution is -0.126. The fourth-order valence-corrected chi connectivity index (χ4v) is 2.60. The number of nitrogens with one attached hydrogen (secondary N) is 1. The molecule has 116 valence electrons. The van der Waals surface area contributed by atoms with Crippen LogP contribution in [0, 0.1) is 25.2 Å². The van der Waals surface area contributed by atoms with Gasteiger partial charge < -0.3 is 5.32 Å². The van der Waals surface area contributed by atoms with Gasteiger partial charge in [-0.15, -0.1) is 0 Å². The fourth-order valence-electron chi connectivity index (χ4n) is 2.60. The van der Waals surface area contributed by atoms with E-state index in [4.69, 9.17) is 0 Å². The van der Waals surface area contributed by atoms with Crippen LogP contribution in [0.3, 0.4) is 0 Å². The van der Waals surface area contributed by atoms with Crippen molar-refractivity contribution < 1.29 is 4.79 Å². The van der Waals surface area contributed by atoms with E-state index in [0.29, 0.717) is 5.84 Å². The van der Waals surface area contributed by atoms with Gasteiger partial charge in [-0.3, -0.25) is 4.79 Å². The Balaban J connectivity index is 2.87. The Bertz CT molecular complexity index is 539. The smallest absolute Gasteiger partial charge is 0.228 e. The summed E-state index contributed by atoms with van der Waals surface area (Å²) in [6.07, 6.45) is 0.826. The number of benzene rings is 1. The minimum absolute atomic E-state index is 0.0123. The van der Waals surface area contributed by atoms with Crippen LogP contribution in [0.5, 0.6) is 0 Å². The average Bonchev–Trinajstić information content (AvgIpc) is 2.31. The number of carbonyl (C=O) groups is 1. The second kappa shape index (κ2) is 6.88. The molecule has 0 aromatic heterocycles. The molecule has 3 heteroatoms. The highest BCUT2D eigenvalue weighted by molar-refractivity contribution is 5.99. The fraction of sp³-hybridized carbons (Fsp3) is 0.556. The van der Waals surface area contributed by atoms with E-state index in [0.717, 1.165) is 17.7 Å². The van der Waals surface area contributed by atoms with Crippen LogP contribution < -0.4 is 5.32 Å². The first-order valence-corrected chi connectivity index (χ1v) is 7.58. The second-order valence-corrected chi connectivity index (χ2v) is 6.80. The van der Waals surface area contributed by atoms with Crippen molar-refractivity contribution in [3.05, 3.63) is 29.3 Å². The maximum atomic E-state index is 12.4. The van der Waals surface area contributed by atoms with Crippen molar-refractivity contribution in [2.24, 2.45) is 16.3 Å². The molecule has 0 fully saturated rings. The lowest BCUT2D eigenvalue weighted by atomic mass is 9.78. The Morgan fingerprint density at radius 3 is 2.38 bits per heavy atom. The maximum absolute atomic E-state index is 12.4. The van der Waals surface area contributed by atoms with Gasteiger partial charge in [0, 0.05) is 5.92 Å². The van der Waals surface area contributed by atoms with Crippen LogP contribution in [0.25, 0.3) is 0 Å². The van der Waals surface area contributed by atoms with Crippen LogP contribution >= 0.6 is 0 Å². The van der Waals surface area contributed by atoms with E-state index in [1.807, 2.05) is 32.9 Å². The summed E-state index contributed by atoms with van der Waals surface area (Å²) in [4.78, 5) is 16.9. The minimum atomic E-state index is -0.0428. The van der Waals surface area contributed by atoms with E-state index >= 15 is 0 Å². The highest BCUT2D eigenvalue weighted by Gasteiger charge is 2.29. The quantitative estimate of drug-likeness (QED) is 0.644. The number of hydrogen-bond donors (Lipinski definition) is 1. The third-order valence-corrected chi connectivity index (χ3v) is 3.71. The van der Waals surface area contributed by atoms with Crippen LogP contribution in [-0.4, -0.2) is 11.7 Å². The van der Waals surface area contributed by atoms with Crippen molar-refractivity contribution in [3.8, 4) is 0 Å². The number of carbonyl (C=O) groups excluding carboxylic acids is 1. The van der Waals surface area contributed by atoms with E-state index in [9.17, 15) is 4.79 Å². The second-order valence-electron chi connectivity index (χ2n) is 6.80. The van der Waals surface area contributed by atoms with Crippen molar-refractivity contribution in [3.63, 3.8) is 0 Å². The molecule has 0 heterocycles. The molecule has 1 N–H and O–H groups in total. The average molecular weight is 288 g/mol. The summed E-state index contributed by atoms with van der Waals surface area (Å²) in [5, 5.41) is 2.94. The Hall–Kier alpha value is -1.64. The van der Waals surface area contributed by atoms with Crippen LogP contribution in [-0.2, 0) is 4.79 Å². The third kappa shape index (κ3) is 5.00. The van der Waals surface area contributed by atoms with Gasteiger partial charge in [0.15, 0.2) is 0 Å². The van der Waals surface area contributed by atoms with Crippen molar-refractivity contribution >= 4 is 17.4 Å². The van der Waals surface area contributed by atoms with Gasteiger partial charge in [-0.05, 0) is 44.2 Å². The maximum Gasteiger partial charge on any atom is 0.228 e. The molecule has 21 heavy (non-hydrogen) atoms. The molecule has 3 nitrogen and oxygen atoms in total. The molecule has 1 unspecified atom stereocenters. The molecule has 1 aromatic carbocycles. The standard InChI is InChI=1S/C18H28N2O/c1-8-15(18(5,6)7)17(21)20-14(4)19-16-10-9-12(2)11-13(16)3/h9-11,15H,8H2,1-7H3,(H,19,20,21). The van der Waals surface area contributed by atoms with E-state index in [1.54, 1.807) is 0 Å². The first-order chi connectivity index (χ1) is 9.65. The first-order valence-electron chi connectivity index (χ1n) is 7.58. The van der Waals surface area contributed by atoms with Crippen molar-refractivity contribution in [1.29, 1.82) is 0 Å². The summed E-state index contributed by atoms with van der Waals surface area (Å²) < 4.78 is 0. The zero-order chi connectivity index (χ0) is 16.2. The van der Waals surface area contributed by atoms with Crippen LogP contribution in [0.4, 0.5) is 5.69 Å². The Labute approximate surface area is 128 Å². The summed E-state index contributed by atoms with van der Waals surface area (Å²) in [5.74, 6) is 0.687. The lowest BCUT2D eigenvalue weighted by Crippen LogP contribution is -2.39. The SMILES string of the molecule is CCC(C(=O)NC(C)=Nc1ccc(C)cc1C)C(C)(C)C. The molecule has 0 saturated carbocycles. The van der Waals surface area contributed by atoms with E-state index in [2.05, 4.69) is 44.1 Å². The van der Waals surface area contributed by atoms with Gasteiger partial charge in [-0.25, -0.2) is 4.99 Å². The van der Waals surface area contributed by atoms with Gasteiger partial charge >= 0.3 is 0 Å². The summed E-state index contributed by atoms with van der Waals surface area (Å²) in [6, 6.07) is 6.12. The third-order valence-electron chi connectivity index (χ3n) is 3.71. The number of hydrogen-bond acceptors (Lipinski definition) is 2. The predicted octanol–water partition coefficient (Wildman–Crippen LogP) is 4.54. The molecule has 0 bridgehead atoms. The Morgan fingerprint density at radius 1 is 1.29 bits per heavy atom. The zero-order valence-electron chi connectivity index (χ0n) is 14.4. The molecule has 1 amide bonds. The summed E-state index contributed by atoms with van der Waals surface area (Å²) in [7, 11) is 0. The Morgan fingerprint density at radius 2 is 1.90 bits per heavy atom. The van der Waals surface area contributed by atoms with Crippen molar-refractivity contribution in [1.82, 2.24) is 5.32 Å². The zero-order valence-corrected chi connectivity index (χ0v) is 14.4.